The highest BCUT2D eigenvalue weighted by Crippen LogP contribution is 2.43. The van der Waals surface area contributed by atoms with Crippen molar-refractivity contribution in [2.24, 2.45) is 0 Å². The van der Waals surface area contributed by atoms with Crippen LogP contribution in [0.4, 0.5) is 0 Å². The van der Waals surface area contributed by atoms with Crippen LogP contribution in [0.25, 0.3) is 0 Å². The van der Waals surface area contributed by atoms with Gasteiger partial charge in [0.15, 0.2) is 0 Å². The van der Waals surface area contributed by atoms with E-state index in [9.17, 15) is 19.4 Å². The number of carbonyl (C=O) groups excluding carboxylic acids is 1. The van der Waals surface area contributed by atoms with Gasteiger partial charge in [-0.2, -0.15) is 0 Å². The van der Waals surface area contributed by atoms with Crippen LogP contribution in [0.15, 0.2) is 36.5 Å². The van der Waals surface area contributed by atoms with Gasteiger partial charge in [-0.3, -0.25) is 13.8 Å². The number of ether oxygens (including phenoxy) is 2. The number of rotatable bonds is 54. The minimum absolute atomic E-state index is 0.0474. The minimum Gasteiger partial charge on any atom is -0.457 e. The molecule has 66 heavy (non-hydrogen) atoms. The Bertz CT molecular complexity index is 1130. The van der Waals surface area contributed by atoms with Crippen LogP contribution < -0.4 is 0 Å². The monoisotopic (exact) mass is 955 g/mol. The number of carbonyl (C=O) groups is 1. The van der Waals surface area contributed by atoms with Gasteiger partial charge in [0, 0.05) is 13.0 Å². The first-order valence-electron chi connectivity index (χ1n) is 28.0. The largest absolute Gasteiger partial charge is 0.472 e. The summed E-state index contributed by atoms with van der Waals surface area (Å²) >= 11 is 0. The van der Waals surface area contributed by atoms with Crippen LogP contribution in [0.2, 0.25) is 0 Å². The van der Waals surface area contributed by atoms with Crippen LogP contribution in [0, 0.1) is 0 Å². The summed E-state index contributed by atoms with van der Waals surface area (Å²) in [5, 5.41) is 18.4. The Hall–Kier alpha value is -1.32. The third kappa shape index (κ3) is 52.1. The lowest BCUT2D eigenvalue weighted by Crippen LogP contribution is -2.29. The Labute approximate surface area is 407 Å². The van der Waals surface area contributed by atoms with Gasteiger partial charge in [0.2, 0.25) is 0 Å². The Morgan fingerprint density at radius 2 is 0.818 bits per heavy atom. The summed E-state index contributed by atoms with van der Waals surface area (Å²) < 4.78 is 33.6. The van der Waals surface area contributed by atoms with Crippen molar-refractivity contribution in [3.8, 4) is 0 Å². The van der Waals surface area contributed by atoms with E-state index in [1.807, 2.05) is 0 Å². The molecule has 10 heteroatoms. The van der Waals surface area contributed by atoms with Crippen LogP contribution in [-0.4, -0.2) is 66.3 Å². The summed E-state index contributed by atoms with van der Waals surface area (Å²) in [6.45, 7) is 3.55. The zero-order chi connectivity index (χ0) is 48.1. The van der Waals surface area contributed by atoms with Crippen molar-refractivity contribution < 1.29 is 43.0 Å². The molecule has 0 aromatic heterocycles. The molecule has 0 heterocycles. The predicted molar refractivity (Wildman–Crippen MR) is 279 cm³/mol. The fourth-order valence-electron chi connectivity index (χ4n) is 8.07. The summed E-state index contributed by atoms with van der Waals surface area (Å²) in [4.78, 5) is 22.7. The molecule has 0 rings (SSSR count). The van der Waals surface area contributed by atoms with Gasteiger partial charge in [-0.15, -0.1) is 0 Å². The van der Waals surface area contributed by atoms with Gasteiger partial charge < -0.3 is 24.6 Å². The van der Waals surface area contributed by atoms with E-state index in [1.54, 1.807) is 0 Å². The lowest BCUT2D eigenvalue weighted by atomic mass is 10.0. The highest BCUT2D eigenvalue weighted by Gasteiger charge is 2.26. The Kier molecular flexibility index (Phi) is 52.0. The lowest BCUT2D eigenvalue weighted by molar-refractivity contribution is -0.154. The molecule has 9 nitrogen and oxygen atoms in total. The fraction of sp³-hybridized carbons (Fsp3) is 0.875. The summed E-state index contributed by atoms with van der Waals surface area (Å²) in [6, 6.07) is 0. The highest BCUT2D eigenvalue weighted by molar-refractivity contribution is 7.47. The number of unbranched alkanes of at least 4 members (excludes halogenated alkanes) is 34. The second-order valence-corrected chi connectivity index (χ2v) is 20.4. The molecular weight excluding hydrogens is 848 g/mol. The van der Waals surface area contributed by atoms with Crippen LogP contribution in [0.1, 0.15) is 271 Å². The second-order valence-electron chi connectivity index (χ2n) is 19.0. The molecule has 0 fully saturated rings. The van der Waals surface area contributed by atoms with Crippen molar-refractivity contribution in [2.45, 2.75) is 283 Å². The fourth-order valence-corrected chi connectivity index (χ4v) is 8.86. The quantitative estimate of drug-likeness (QED) is 0.0236. The maximum Gasteiger partial charge on any atom is 0.472 e. The molecule has 0 aromatic rings. The molecule has 390 valence electrons. The molecule has 0 aliphatic carbocycles. The SMILES string of the molecule is CCCCCCC/C=C\C/C=C\C/C=C\CCCCCCCCC(=O)OC(COCCCCCCCCCCCCCCCCCCCCCCCCCC)COP(=O)(O)OCC(O)CO. The van der Waals surface area contributed by atoms with E-state index in [4.69, 9.17) is 23.6 Å². The Morgan fingerprint density at radius 3 is 1.23 bits per heavy atom. The van der Waals surface area contributed by atoms with Crippen LogP contribution in [-0.2, 0) is 27.9 Å². The molecule has 0 radical (unpaired) electrons. The number of phosphoric ester groups is 1. The molecule has 0 aromatic carbocycles. The molecule has 0 bridgehead atoms. The van der Waals surface area contributed by atoms with E-state index >= 15 is 0 Å². The lowest BCUT2D eigenvalue weighted by Gasteiger charge is -2.20. The Balaban J connectivity index is 4.02. The summed E-state index contributed by atoms with van der Waals surface area (Å²) in [5.41, 5.74) is 0. The van der Waals surface area contributed by atoms with E-state index in [0.29, 0.717) is 13.0 Å². The van der Waals surface area contributed by atoms with Gasteiger partial charge >= 0.3 is 13.8 Å². The molecule has 0 saturated heterocycles. The van der Waals surface area contributed by atoms with E-state index < -0.39 is 33.2 Å². The number of aliphatic hydroxyl groups is 2. The summed E-state index contributed by atoms with van der Waals surface area (Å²) in [5.74, 6) is -0.389. The van der Waals surface area contributed by atoms with Crippen molar-refractivity contribution in [1.29, 1.82) is 0 Å². The molecule has 3 atom stereocenters. The number of hydrogen-bond acceptors (Lipinski definition) is 8. The van der Waals surface area contributed by atoms with Crippen molar-refractivity contribution >= 4 is 13.8 Å². The molecule has 0 aliphatic rings. The topological polar surface area (TPSA) is 132 Å². The van der Waals surface area contributed by atoms with Gasteiger partial charge in [-0.25, -0.2) is 4.57 Å². The number of hydrogen-bond donors (Lipinski definition) is 3. The standard InChI is InChI=1S/C56H107O9P/c1-3-5-7-9-11-13-15-17-19-21-23-25-26-27-29-31-33-35-37-39-41-43-45-47-49-62-52-55(53-64-66(60,61)63-51-54(58)50-57)65-56(59)48-46-44-42-40-38-36-34-32-30-28-24-22-20-18-16-14-12-10-8-6-4-2/h16,18,22,24,30,32,54-55,57-58H,3-15,17,19-21,23,25-29,31,33-53H2,1-2H3,(H,60,61)/b18-16-,24-22-,32-30-. The predicted octanol–water partition coefficient (Wildman–Crippen LogP) is 16.7. The van der Waals surface area contributed by atoms with Gasteiger partial charge in [-0.05, 0) is 51.4 Å². The molecule has 0 aliphatic heterocycles. The number of phosphoric acid groups is 1. The third-order valence-electron chi connectivity index (χ3n) is 12.3. The second kappa shape index (κ2) is 53.0. The number of esters is 1. The van der Waals surface area contributed by atoms with Crippen molar-refractivity contribution in [2.75, 3.05) is 33.0 Å². The van der Waals surface area contributed by atoms with Gasteiger partial charge in [0.05, 0.1) is 26.4 Å². The Morgan fingerprint density at radius 1 is 0.470 bits per heavy atom. The first-order valence-corrected chi connectivity index (χ1v) is 29.5. The highest BCUT2D eigenvalue weighted by atomic mass is 31.2. The van der Waals surface area contributed by atoms with Crippen molar-refractivity contribution in [3.05, 3.63) is 36.5 Å². The molecular formula is C56H107O9P. The van der Waals surface area contributed by atoms with Crippen LogP contribution >= 0.6 is 7.82 Å². The molecule has 3 N–H and O–H groups in total. The van der Waals surface area contributed by atoms with Crippen molar-refractivity contribution in [3.63, 3.8) is 0 Å². The minimum atomic E-state index is -4.53. The van der Waals surface area contributed by atoms with Crippen LogP contribution in [0.3, 0.4) is 0 Å². The van der Waals surface area contributed by atoms with Gasteiger partial charge in [0.25, 0.3) is 0 Å². The molecule has 0 amide bonds. The number of aliphatic hydroxyl groups excluding tert-OH is 2. The van der Waals surface area contributed by atoms with Crippen LogP contribution in [0.5, 0.6) is 0 Å². The van der Waals surface area contributed by atoms with E-state index in [-0.39, 0.29) is 25.6 Å². The average Bonchev–Trinajstić information content (AvgIpc) is 3.31. The summed E-state index contributed by atoms with van der Waals surface area (Å²) in [6.07, 6.45) is 61.2. The van der Waals surface area contributed by atoms with E-state index in [2.05, 4.69) is 50.3 Å². The summed E-state index contributed by atoms with van der Waals surface area (Å²) in [7, 11) is -4.53. The maximum absolute atomic E-state index is 12.7. The normalized spacial score (nSPS) is 14.0. The molecule has 0 saturated carbocycles. The number of allylic oxidation sites excluding steroid dienone is 6. The third-order valence-corrected chi connectivity index (χ3v) is 13.3. The molecule has 0 spiro atoms. The van der Waals surface area contributed by atoms with E-state index in [0.717, 1.165) is 51.4 Å². The van der Waals surface area contributed by atoms with Gasteiger partial charge in [0.1, 0.15) is 12.2 Å². The average molecular weight is 955 g/mol. The smallest absolute Gasteiger partial charge is 0.457 e. The van der Waals surface area contributed by atoms with Gasteiger partial charge in [-0.1, -0.05) is 249 Å². The molecule has 3 unspecified atom stereocenters. The zero-order valence-electron chi connectivity index (χ0n) is 43.2. The van der Waals surface area contributed by atoms with Crippen molar-refractivity contribution in [1.82, 2.24) is 0 Å². The zero-order valence-corrected chi connectivity index (χ0v) is 44.1. The first-order chi connectivity index (χ1) is 32.3. The van der Waals surface area contributed by atoms with E-state index in [1.165, 1.54) is 193 Å². The first kappa shape index (κ1) is 64.7. The maximum atomic E-state index is 12.7.